The molecule has 1 amide bonds. The average Bonchev–Trinajstić information content (AvgIpc) is 2.80. The second kappa shape index (κ2) is 13.7. The molecule has 0 atom stereocenters. The van der Waals surface area contributed by atoms with Gasteiger partial charge in [0, 0.05) is 57.2 Å². The third kappa shape index (κ3) is 9.34. The number of hydrogen-bond acceptors (Lipinski definition) is 10. The van der Waals surface area contributed by atoms with Crippen LogP contribution < -0.4 is 10.2 Å². The molecule has 1 heterocycles. The average molecular weight is 575 g/mol. The molecule has 1 N–H and O–H groups in total. The Morgan fingerprint density at radius 3 is 2.57 bits per heavy atom. The number of nitrogens with zero attached hydrogens (tertiary/aromatic N) is 5. The number of amides is 1. The smallest absolute Gasteiger partial charge is 0.283 e. The van der Waals surface area contributed by atoms with Crippen molar-refractivity contribution >= 4 is 43.3 Å². The van der Waals surface area contributed by atoms with Crippen LogP contribution in [0.5, 0.6) is 0 Å². The molecule has 1 aromatic rings. The highest BCUT2D eigenvalue weighted by Crippen LogP contribution is 2.29. The van der Waals surface area contributed by atoms with Gasteiger partial charge in [-0.3, -0.25) is 19.1 Å². The molecule has 12 nitrogen and oxygen atoms in total. The van der Waals surface area contributed by atoms with Crippen LogP contribution in [0.2, 0.25) is 0 Å². The van der Waals surface area contributed by atoms with Gasteiger partial charge in [0.15, 0.2) is 0 Å². The zero-order valence-corrected chi connectivity index (χ0v) is 22.3. The van der Waals surface area contributed by atoms with E-state index in [1.54, 1.807) is 4.90 Å². The number of carbonyl (C=O) groups is 1. The summed E-state index contributed by atoms with van der Waals surface area (Å²) in [7, 11) is -1.58. The summed E-state index contributed by atoms with van der Waals surface area (Å²) in [5.41, 5.74) is -0.332. The summed E-state index contributed by atoms with van der Waals surface area (Å²) in [5, 5.41) is 24.5. The predicted octanol–water partition coefficient (Wildman–Crippen LogP) is 1.01. The van der Waals surface area contributed by atoms with Gasteiger partial charge in [0.25, 0.3) is 21.7 Å². The van der Waals surface area contributed by atoms with Gasteiger partial charge in [0.05, 0.1) is 29.0 Å². The maximum absolute atomic E-state index is 12.9. The van der Waals surface area contributed by atoms with Crippen molar-refractivity contribution in [3.63, 3.8) is 0 Å². The van der Waals surface area contributed by atoms with E-state index < -0.39 is 26.6 Å². The number of carbonyl (C=O) groups excluding carboxylic acids is 1. The van der Waals surface area contributed by atoms with Crippen molar-refractivity contribution in [2.24, 2.45) is 0 Å². The lowest BCUT2D eigenvalue weighted by Crippen LogP contribution is -2.45. The molecule has 0 aliphatic carbocycles. The molecule has 14 heteroatoms. The van der Waals surface area contributed by atoms with Gasteiger partial charge in [0.2, 0.25) is 0 Å². The molecular weight excluding hydrogens is 544 g/mol. The normalized spacial score (nSPS) is 14.9. The zero-order valence-electron chi connectivity index (χ0n) is 19.9. The molecular formula is C21H31BrN6O6S. The third-order valence-corrected chi connectivity index (χ3v) is 6.51. The number of hydrogen-bond donors (Lipinski definition) is 1. The van der Waals surface area contributed by atoms with E-state index in [1.807, 2.05) is 6.07 Å². The van der Waals surface area contributed by atoms with Gasteiger partial charge in [-0.05, 0) is 26.1 Å². The number of alkyl halides is 1. The monoisotopic (exact) mass is 574 g/mol. The van der Waals surface area contributed by atoms with Crippen LogP contribution in [-0.4, -0.2) is 107 Å². The highest BCUT2D eigenvalue weighted by atomic mass is 79.9. The Kier molecular flexibility index (Phi) is 11.3. The summed E-state index contributed by atoms with van der Waals surface area (Å²) >= 11 is 3.31. The molecule has 1 aliphatic rings. The van der Waals surface area contributed by atoms with E-state index in [2.05, 4.69) is 38.1 Å². The van der Waals surface area contributed by atoms with Gasteiger partial charge in [-0.25, -0.2) is 0 Å². The topological polar surface area (TPSA) is 149 Å². The Morgan fingerprint density at radius 2 is 2.00 bits per heavy atom. The van der Waals surface area contributed by atoms with Gasteiger partial charge in [-0.2, -0.15) is 13.7 Å². The lowest BCUT2D eigenvalue weighted by Gasteiger charge is -2.32. The number of rotatable bonds is 13. The van der Waals surface area contributed by atoms with Gasteiger partial charge < -0.3 is 20.0 Å². The fourth-order valence-corrected chi connectivity index (χ4v) is 4.49. The molecule has 0 aromatic heterocycles. The van der Waals surface area contributed by atoms with Gasteiger partial charge in [-0.15, -0.1) is 0 Å². The van der Waals surface area contributed by atoms with Crippen LogP contribution in [0.15, 0.2) is 12.1 Å². The summed E-state index contributed by atoms with van der Waals surface area (Å²) in [6.45, 7) is 5.34. The van der Waals surface area contributed by atoms with E-state index in [9.17, 15) is 28.6 Å². The van der Waals surface area contributed by atoms with Gasteiger partial charge in [0.1, 0.15) is 11.6 Å². The summed E-state index contributed by atoms with van der Waals surface area (Å²) in [4.78, 5) is 30.1. The van der Waals surface area contributed by atoms with Crippen LogP contribution in [0, 0.1) is 21.4 Å². The number of anilines is 1. The molecule has 0 saturated carbocycles. The molecule has 1 aliphatic heterocycles. The van der Waals surface area contributed by atoms with Crippen molar-refractivity contribution in [1.29, 1.82) is 5.26 Å². The maximum Gasteiger partial charge on any atom is 0.283 e. The van der Waals surface area contributed by atoms with Crippen molar-refractivity contribution in [1.82, 2.24) is 15.1 Å². The lowest BCUT2D eigenvalue weighted by molar-refractivity contribution is -0.385. The number of likely N-dealkylation sites (N-methyl/N-ethyl adjacent to an activating group) is 1. The summed E-state index contributed by atoms with van der Waals surface area (Å²) in [6, 6.07) is 4.32. The molecule has 0 bridgehead atoms. The highest BCUT2D eigenvalue weighted by Gasteiger charge is 2.25. The van der Waals surface area contributed by atoms with E-state index >= 15 is 0 Å². The van der Waals surface area contributed by atoms with E-state index in [-0.39, 0.29) is 30.0 Å². The molecule has 0 radical (unpaired) electrons. The largest absolute Gasteiger partial charge is 0.367 e. The van der Waals surface area contributed by atoms with Crippen molar-refractivity contribution in [3.05, 3.63) is 33.4 Å². The van der Waals surface area contributed by atoms with Crippen LogP contribution >= 0.6 is 15.9 Å². The number of nitro groups is 1. The number of halogens is 1. The second-order valence-electron chi connectivity index (χ2n) is 8.21. The summed E-state index contributed by atoms with van der Waals surface area (Å²) < 4.78 is 27.4. The van der Waals surface area contributed by atoms with Crippen LogP contribution in [0.25, 0.3) is 0 Å². The Morgan fingerprint density at radius 1 is 1.31 bits per heavy atom. The molecule has 1 aromatic carbocycles. The molecule has 35 heavy (non-hydrogen) atoms. The van der Waals surface area contributed by atoms with Crippen LogP contribution in [0.1, 0.15) is 22.3 Å². The molecule has 2 rings (SSSR count). The molecule has 0 unspecified atom stereocenters. The fraction of sp³-hybridized carbons (Fsp3) is 0.619. The minimum atomic E-state index is -3.66. The van der Waals surface area contributed by atoms with Crippen molar-refractivity contribution in [2.45, 2.75) is 6.42 Å². The lowest BCUT2D eigenvalue weighted by atomic mass is 10.0. The molecule has 1 fully saturated rings. The van der Waals surface area contributed by atoms with Crippen LogP contribution in [0.3, 0.4) is 0 Å². The number of nitriles is 1. The summed E-state index contributed by atoms with van der Waals surface area (Å²) in [6.07, 6.45) is 1.63. The maximum atomic E-state index is 12.9. The van der Waals surface area contributed by atoms with Gasteiger partial charge in [-0.1, -0.05) is 15.9 Å². The Balaban J connectivity index is 2.17. The van der Waals surface area contributed by atoms with Gasteiger partial charge >= 0.3 is 0 Å². The number of benzene rings is 1. The standard InChI is InChI=1S/C21H31BrN6O6S/c1-25-8-10-26(11-9-25)6-3-5-24-21(29)18-15-19(17(16-23)14-20(18)28(30)31)27(7-4-22)12-13-34-35(2,32)33/h14-15H,3-13H2,1-2H3,(H,24,29). The minimum absolute atomic E-state index is 0.00335. The van der Waals surface area contributed by atoms with Crippen molar-refractivity contribution in [3.8, 4) is 6.07 Å². The quantitative estimate of drug-likeness (QED) is 0.119. The first-order valence-electron chi connectivity index (χ1n) is 11.1. The Labute approximate surface area is 214 Å². The third-order valence-electron chi connectivity index (χ3n) is 5.56. The van der Waals surface area contributed by atoms with E-state index in [1.165, 1.54) is 6.07 Å². The Hall–Kier alpha value is -2.31. The fourth-order valence-electron chi connectivity index (χ4n) is 3.69. The molecule has 1 saturated heterocycles. The molecule has 0 spiro atoms. The highest BCUT2D eigenvalue weighted by molar-refractivity contribution is 9.09. The van der Waals surface area contributed by atoms with Crippen LogP contribution in [-0.2, 0) is 14.3 Å². The SMILES string of the molecule is CN1CCN(CCCNC(=O)c2cc(N(CCBr)CCOS(C)(=O)=O)c(C#N)cc2[N+](=O)[O-])CC1. The summed E-state index contributed by atoms with van der Waals surface area (Å²) in [5.74, 6) is -0.605. The zero-order chi connectivity index (χ0) is 26.0. The predicted molar refractivity (Wildman–Crippen MR) is 136 cm³/mol. The first kappa shape index (κ1) is 28.9. The first-order valence-corrected chi connectivity index (χ1v) is 14.1. The number of nitrogens with one attached hydrogen (secondary N) is 1. The number of nitro benzene ring substituents is 1. The minimum Gasteiger partial charge on any atom is -0.367 e. The molecule has 194 valence electrons. The Bertz CT molecular complexity index is 1040. The van der Waals surface area contributed by atoms with Crippen LogP contribution in [0.4, 0.5) is 11.4 Å². The van der Waals surface area contributed by atoms with E-state index in [0.717, 1.165) is 45.0 Å². The van der Waals surface area contributed by atoms with E-state index in [4.69, 9.17) is 4.18 Å². The number of piperazine rings is 1. The first-order chi connectivity index (χ1) is 16.6. The second-order valence-corrected chi connectivity index (χ2v) is 10.6. The van der Waals surface area contributed by atoms with Crippen molar-refractivity contribution in [2.75, 3.05) is 82.5 Å². The van der Waals surface area contributed by atoms with Crippen molar-refractivity contribution < 1.29 is 22.3 Å². The van der Waals surface area contributed by atoms with E-state index in [0.29, 0.717) is 24.8 Å².